The minimum absolute atomic E-state index is 0.0388. The van der Waals surface area contributed by atoms with Crippen LogP contribution >= 0.6 is 0 Å². The fourth-order valence-corrected chi connectivity index (χ4v) is 3.19. The van der Waals surface area contributed by atoms with Crippen LogP contribution in [0.3, 0.4) is 0 Å². The van der Waals surface area contributed by atoms with Crippen molar-refractivity contribution in [3.63, 3.8) is 0 Å². The Kier molecular flexibility index (Phi) is 4.99. The lowest BCUT2D eigenvalue weighted by Crippen LogP contribution is -2.47. The van der Waals surface area contributed by atoms with Gasteiger partial charge in [-0.25, -0.2) is 4.79 Å². The van der Waals surface area contributed by atoms with Gasteiger partial charge in [-0.15, -0.1) is 0 Å². The summed E-state index contributed by atoms with van der Waals surface area (Å²) in [6.45, 7) is 5.10. The van der Waals surface area contributed by atoms with Gasteiger partial charge in [0.15, 0.2) is 0 Å². The van der Waals surface area contributed by atoms with E-state index in [9.17, 15) is 9.59 Å². The topological polar surface area (TPSA) is 57.6 Å². The van der Waals surface area contributed by atoms with Crippen molar-refractivity contribution in [2.45, 2.75) is 45.6 Å². The number of carbonyl (C=O) groups excluding carboxylic acids is 1. The highest BCUT2D eigenvalue weighted by Crippen LogP contribution is 2.28. The smallest absolute Gasteiger partial charge is 0.335 e. The maximum atomic E-state index is 12.7. The summed E-state index contributed by atoms with van der Waals surface area (Å²) in [5, 5.41) is 9.05. The predicted molar refractivity (Wildman–Crippen MR) is 81.5 cm³/mol. The largest absolute Gasteiger partial charge is 0.478 e. The van der Waals surface area contributed by atoms with Crippen LogP contribution in [-0.2, 0) is 0 Å². The van der Waals surface area contributed by atoms with Gasteiger partial charge in [0.2, 0.25) is 0 Å². The van der Waals surface area contributed by atoms with Crippen molar-refractivity contribution in [1.29, 1.82) is 0 Å². The van der Waals surface area contributed by atoms with Gasteiger partial charge in [0.05, 0.1) is 5.56 Å². The fraction of sp³-hybridized carbons (Fsp3) is 0.529. The van der Waals surface area contributed by atoms with Gasteiger partial charge in [0.25, 0.3) is 5.91 Å². The number of aromatic carboxylic acids is 1. The van der Waals surface area contributed by atoms with E-state index >= 15 is 0 Å². The number of nitrogens with zero attached hydrogens (tertiary/aromatic N) is 1. The molecule has 1 aromatic rings. The molecule has 1 N–H and O–H groups in total. The molecule has 1 heterocycles. The third kappa shape index (κ3) is 3.43. The van der Waals surface area contributed by atoms with Crippen molar-refractivity contribution in [3.05, 3.63) is 35.4 Å². The molecule has 2 unspecified atom stereocenters. The van der Waals surface area contributed by atoms with Crippen LogP contribution in [0.1, 0.15) is 60.2 Å². The van der Waals surface area contributed by atoms with Crippen molar-refractivity contribution in [2.75, 3.05) is 6.54 Å². The molecule has 1 aromatic carbocycles. The van der Waals surface area contributed by atoms with Gasteiger partial charge in [-0.3, -0.25) is 4.79 Å². The zero-order valence-corrected chi connectivity index (χ0v) is 12.7. The minimum Gasteiger partial charge on any atom is -0.478 e. The average Bonchev–Trinajstić information content (AvgIpc) is 2.49. The molecule has 0 aliphatic carbocycles. The monoisotopic (exact) mass is 289 g/mol. The summed E-state index contributed by atoms with van der Waals surface area (Å²) in [6.07, 6.45) is 4.23. The number of amides is 1. The number of benzene rings is 1. The van der Waals surface area contributed by atoms with Gasteiger partial charge < -0.3 is 10.0 Å². The number of carboxylic acids is 1. The minimum atomic E-state index is -0.998. The van der Waals surface area contributed by atoms with Crippen LogP contribution in [0.25, 0.3) is 0 Å². The van der Waals surface area contributed by atoms with Gasteiger partial charge >= 0.3 is 5.97 Å². The summed E-state index contributed by atoms with van der Waals surface area (Å²) in [7, 11) is 0. The summed E-state index contributed by atoms with van der Waals surface area (Å²) in [6, 6.07) is 6.61. The SMILES string of the molecule is CCCC1C(C)CCCN1C(=O)c1cccc(C(=O)O)c1. The van der Waals surface area contributed by atoms with Gasteiger partial charge in [0, 0.05) is 18.2 Å². The lowest BCUT2D eigenvalue weighted by molar-refractivity contribution is 0.0497. The van der Waals surface area contributed by atoms with E-state index in [1.54, 1.807) is 12.1 Å². The molecule has 0 spiro atoms. The Labute approximate surface area is 125 Å². The van der Waals surface area contributed by atoms with Crippen LogP contribution in [0.5, 0.6) is 0 Å². The van der Waals surface area contributed by atoms with E-state index in [-0.39, 0.29) is 17.5 Å². The molecule has 4 nitrogen and oxygen atoms in total. The number of hydrogen-bond donors (Lipinski definition) is 1. The quantitative estimate of drug-likeness (QED) is 0.924. The highest BCUT2D eigenvalue weighted by Gasteiger charge is 2.31. The number of hydrogen-bond acceptors (Lipinski definition) is 2. The second kappa shape index (κ2) is 6.74. The van der Waals surface area contributed by atoms with Crippen molar-refractivity contribution in [2.24, 2.45) is 5.92 Å². The number of rotatable bonds is 4. The Balaban J connectivity index is 2.24. The third-order valence-corrected chi connectivity index (χ3v) is 4.32. The summed E-state index contributed by atoms with van der Waals surface area (Å²) in [4.78, 5) is 25.7. The van der Waals surface area contributed by atoms with Gasteiger partial charge in [0.1, 0.15) is 0 Å². The Morgan fingerprint density at radius 1 is 1.33 bits per heavy atom. The average molecular weight is 289 g/mol. The molecule has 1 saturated heterocycles. The summed E-state index contributed by atoms with van der Waals surface area (Å²) in [5.41, 5.74) is 0.642. The molecular formula is C17H23NO3. The molecule has 1 aliphatic rings. The second-order valence-corrected chi connectivity index (χ2v) is 5.86. The molecule has 21 heavy (non-hydrogen) atoms. The van der Waals surface area contributed by atoms with Crippen LogP contribution in [0.2, 0.25) is 0 Å². The molecule has 0 bridgehead atoms. The van der Waals surface area contributed by atoms with E-state index in [1.165, 1.54) is 12.1 Å². The third-order valence-electron chi connectivity index (χ3n) is 4.32. The van der Waals surface area contributed by atoms with E-state index in [0.717, 1.165) is 32.2 Å². The lowest BCUT2D eigenvalue weighted by Gasteiger charge is -2.40. The lowest BCUT2D eigenvalue weighted by atomic mass is 9.87. The predicted octanol–water partition coefficient (Wildman–Crippen LogP) is 3.43. The standard InChI is InChI=1S/C17H23NO3/c1-3-6-15-12(2)7-5-10-18(15)16(19)13-8-4-9-14(11-13)17(20)21/h4,8-9,11-12,15H,3,5-7,10H2,1-2H3,(H,20,21). The first-order valence-corrected chi connectivity index (χ1v) is 7.69. The first-order valence-electron chi connectivity index (χ1n) is 7.69. The molecule has 0 radical (unpaired) electrons. The summed E-state index contributed by atoms with van der Waals surface area (Å²) in [5.74, 6) is -0.532. The summed E-state index contributed by atoms with van der Waals surface area (Å²) < 4.78 is 0. The van der Waals surface area contributed by atoms with Gasteiger partial charge in [-0.2, -0.15) is 0 Å². The highest BCUT2D eigenvalue weighted by molar-refractivity contribution is 5.97. The molecule has 0 saturated carbocycles. The maximum Gasteiger partial charge on any atom is 0.335 e. The number of carboxylic acid groups (broad SMARTS) is 1. The van der Waals surface area contributed by atoms with E-state index in [2.05, 4.69) is 13.8 Å². The van der Waals surface area contributed by atoms with Crippen LogP contribution in [0, 0.1) is 5.92 Å². The highest BCUT2D eigenvalue weighted by atomic mass is 16.4. The van der Waals surface area contributed by atoms with Crippen molar-refractivity contribution >= 4 is 11.9 Å². The first-order chi connectivity index (χ1) is 10.0. The summed E-state index contributed by atoms with van der Waals surface area (Å²) >= 11 is 0. The molecule has 1 amide bonds. The normalized spacial score (nSPS) is 22.1. The zero-order chi connectivity index (χ0) is 15.4. The van der Waals surface area contributed by atoms with E-state index in [0.29, 0.717) is 11.5 Å². The van der Waals surface area contributed by atoms with E-state index in [1.807, 2.05) is 4.90 Å². The Morgan fingerprint density at radius 3 is 2.71 bits per heavy atom. The van der Waals surface area contributed by atoms with Crippen LogP contribution in [0.15, 0.2) is 24.3 Å². The second-order valence-electron chi connectivity index (χ2n) is 5.86. The molecule has 2 rings (SSSR count). The van der Waals surface area contributed by atoms with Crippen molar-refractivity contribution in [1.82, 2.24) is 4.90 Å². The molecular weight excluding hydrogens is 266 g/mol. The van der Waals surface area contributed by atoms with Crippen LogP contribution in [-0.4, -0.2) is 34.5 Å². The van der Waals surface area contributed by atoms with Gasteiger partial charge in [-0.1, -0.05) is 26.3 Å². The molecule has 2 atom stereocenters. The fourth-order valence-electron chi connectivity index (χ4n) is 3.19. The first kappa shape index (κ1) is 15.5. The zero-order valence-electron chi connectivity index (χ0n) is 12.7. The van der Waals surface area contributed by atoms with E-state index in [4.69, 9.17) is 5.11 Å². The van der Waals surface area contributed by atoms with Crippen molar-refractivity contribution in [3.8, 4) is 0 Å². The van der Waals surface area contributed by atoms with Crippen molar-refractivity contribution < 1.29 is 14.7 Å². The Bertz CT molecular complexity index is 527. The van der Waals surface area contributed by atoms with E-state index < -0.39 is 5.97 Å². The number of likely N-dealkylation sites (tertiary alicyclic amines) is 1. The molecule has 114 valence electrons. The Morgan fingerprint density at radius 2 is 2.05 bits per heavy atom. The molecule has 0 aromatic heterocycles. The van der Waals surface area contributed by atoms with Crippen LogP contribution < -0.4 is 0 Å². The molecule has 1 fully saturated rings. The van der Waals surface area contributed by atoms with Gasteiger partial charge in [-0.05, 0) is 43.4 Å². The molecule has 1 aliphatic heterocycles. The Hall–Kier alpha value is -1.84. The van der Waals surface area contributed by atoms with Crippen LogP contribution in [0.4, 0.5) is 0 Å². The maximum absolute atomic E-state index is 12.7. The number of piperidine rings is 1. The number of carbonyl (C=O) groups is 2. The molecule has 4 heteroatoms.